The molecule has 1 aromatic heterocycles. The molecule has 1 saturated carbocycles. The van der Waals surface area contributed by atoms with Crippen LogP contribution in [0.5, 0.6) is 0 Å². The molecule has 234 valence electrons. The first-order valence-electron chi connectivity index (χ1n) is 13.5. The normalized spacial score (nSPS) is 22.0. The molecule has 1 aliphatic carbocycles. The molecule has 17 heteroatoms. The Bertz CT molecular complexity index is 1330. The van der Waals surface area contributed by atoms with Crippen molar-refractivity contribution in [2.75, 3.05) is 13.1 Å². The predicted molar refractivity (Wildman–Crippen MR) is 145 cm³/mol. The summed E-state index contributed by atoms with van der Waals surface area (Å²) in [7, 11) is -4.87. The van der Waals surface area contributed by atoms with Crippen molar-refractivity contribution in [3.8, 4) is 0 Å². The fraction of sp³-hybridized carbons (Fsp3) is 0.720. The molecule has 3 aliphatic rings. The fourth-order valence-corrected chi connectivity index (χ4v) is 5.37. The van der Waals surface area contributed by atoms with Crippen molar-refractivity contribution in [3.05, 3.63) is 17.5 Å². The van der Waals surface area contributed by atoms with Gasteiger partial charge in [0.1, 0.15) is 22.7 Å². The molecule has 4 rings (SSSR count). The lowest BCUT2D eigenvalue weighted by Gasteiger charge is -2.35. The van der Waals surface area contributed by atoms with Crippen LogP contribution in [0, 0.1) is 5.41 Å². The Labute approximate surface area is 244 Å². The van der Waals surface area contributed by atoms with Crippen LogP contribution in [0.15, 0.2) is 15.6 Å². The van der Waals surface area contributed by atoms with Crippen LogP contribution in [0.2, 0.25) is 0 Å². The van der Waals surface area contributed by atoms with Crippen molar-refractivity contribution in [2.45, 2.75) is 96.9 Å². The standard InChI is InChI=1S/C25H38N6O10S/c1-14(12-26-19(27-20(32)38-23(2,3)4)28-21(33)39-24(5,6)7)17-10-15(29-40-17)16-11-25(8-9-25)18-13-30(16)22(34)31(18)41-42(35,36)37/h10,14,16,18H,8-9,11-13H2,1-7H3,(H,35,36,37)(H2,26,27,28,32,33)/t14?,16-,18-/m0/s1. The molecular formula is C25H38N6O10S. The first-order valence-corrected chi connectivity index (χ1v) is 14.9. The molecule has 1 spiro atoms. The molecule has 16 nitrogen and oxygen atoms in total. The smallest absolute Gasteiger partial charge is 0.418 e. The van der Waals surface area contributed by atoms with E-state index in [1.807, 2.05) is 0 Å². The zero-order valence-electron chi connectivity index (χ0n) is 24.7. The molecule has 42 heavy (non-hydrogen) atoms. The van der Waals surface area contributed by atoms with Gasteiger partial charge in [-0.3, -0.25) is 20.2 Å². The van der Waals surface area contributed by atoms with E-state index in [9.17, 15) is 27.4 Å². The summed E-state index contributed by atoms with van der Waals surface area (Å²) in [5.74, 6) is -0.116. The third-order valence-corrected chi connectivity index (χ3v) is 7.32. The van der Waals surface area contributed by atoms with Crippen molar-refractivity contribution >= 4 is 34.6 Å². The third kappa shape index (κ3) is 7.69. The number of aliphatic imine (C=N–C) groups is 1. The van der Waals surface area contributed by atoms with Gasteiger partial charge in [-0.25, -0.2) is 14.4 Å². The van der Waals surface area contributed by atoms with E-state index in [1.165, 1.54) is 4.90 Å². The number of aromatic nitrogens is 1. The summed E-state index contributed by atoms with van der Waals surface area (Å²) in [5, 5.41) is 9.78. The van der Waals surface area contributed by atoms with Gasteiger partial charge in [0.05, 0.1) is 18.6 Å². The molecule has 2 bridgehead atoms. The average molecular weight is 615 g/mol. The van der Waals surface area contributed by atoms with Gasteiger partial charge in [-0.2, -0.15) is 13.5 Å². The van der Waals surface area contributed by atoms with Crippen LogP contribution >= 0.6 is 0 Å². The van der Waals surface area contributed by atoms with E-state index in [0.29, 0.717) is 17.9 Å². The second-order valence-corrected chi connectivity index (χ2v) is 13.9. The Morgan fingerprint density at radius 2 is 1.74 bits per heavy atom. The van der Waals surface area contributed by atoms with Crippen LogP contribution < -0.4 is 10.6 Å². The third-order valence-electron chi connectivity index (χ3n) is 6.97. The van der Waals surface area contributed by atoms with E-state index >= 15 is 0 Å². The zero-order valence-corrected chi connectivity index (χ0v) is 25.5. The minimum Gasteiger partial charge on any atom is -0.444 e. The number of ether oxygens (including phenoxy) is 2. The van der Waals surface area contributed by atoms with E-state index < -0.39 is 51.9 Å². The minimum atomic E-state index is -4.87. The lowest BCUT2D eigenvalue weighted by Crippen LogP contribution is -2.47. The molecule has 2 aliphatic heterocycles. The number of nitrogens with zero attached hydrogens (tertiary/aromatic N) is 4. The summed E-state index contributed by atoms with van der Waals surface area (Å²) in [6, 6.07) is 0.0249. The summed E-state index contributed by atoms with van der Waals surface area (Å²) in [5.41, 5.74) is -1.43. The Hall–Kier alpha value is -3.44. The Morgan fingerprint density at radius 1 is 1.17 bits per heavy atom. The molecule has 0 radical (unpaired) electrons. The highest BCUT2D eigenvalue weighted by atomic mass is 32.3. The molecule has 4 amide bonds. The molecule has 1 unspecified atom stereocenters. The number of nitrogens with one attached hydrogen (secondary N) is 2. The first-order chi connectivity index (χ1) is 19.3. The van der Waals surface area contributed by atoms with Crippen LogP contribution in [0.3, 0.4) is 0 Å². The number of carbonyl (C=O) groups excluding carboxylic acids is 3. The molecule has 3 heterocycles. The highest BCUT2D eigenvalue weighted by molar-refractivity contribution is 7.80. The molecule has 3 N–H and O–H groups in total. The number of hydrogen-bond donors (Lipinski definition) is 3. The maximum absolute atomic E-state index is 13.0. The van der Waals surface area contributed by atoms with Crippen molar-refractivity contribution in [1.29, 1.82) is 0 Å². The lowest BCUT2D eigenvalue weighted by atomic mass is 9.84. The number of amides is 4. The number of guanidine groups is 1. The second kappa shape index (κ2) is 11.0. The van der Waals surface area contributed by atoms with Gasteiger partial charge in [-0.15, -0.1) is 4.28 Å². The number of urea groups is 1. The van der Waals surface area contributed by atoms with Gasteiger partial charge in [0.25, 0.3) is 0 Å². The van der Waals surface area contributed by atoms with Crippen molar-refractivity contribution in [1.82, 2.24) is 25.8 Å². The summed E-state index contributed by atoms with van der Waals surface area (Å²) >= 11 is 0. The minimum absolute atomic E-state index is 0.0604. The number of hydroxylamine groups is 2. The predicted octanol–water partition coefficient (Wildman–Crippen LogP) is 3.25. The van der Waals surface area contributed by atoms with Crippen LogP contribution in [-0.4, -0.2) is 82.6 Å². The molecule has 2 saturated heterocycles. The summed E-state index contributed by atoms with van der Waals surface area (Å²) in [4.78, 5) is 43.5. The van der Waals surface area contributed by atoms with E-state index in [1.54, 1.807) is 54.5 Å². The SMILES string of the molecule is CC(CN=C(NC(=O)OC(C)(C)C)NC(=O)OC(C)(C)C)c1cc([C@@H]2CC3(CC3)[C@@H]3CN2C(=O)N3OS(=O)(=O)O)no1. The number of fused-ring (bicyclic) bond motifs is 3. The zero-order chi connectivity index (χ0) is 31.3. The van der Waals surface area contributed by atoms with Crippen LogP contribution in [0.1, 0.15) is 91.1 Å². The molecule has 3 atom stereocenters. The monoisotopic (exact) mass is 614 g/mol. The van der Waals surface area contributed by atoms with Gasteiger partial charge in [-0.1, -0.05) is 12.1 Å². The second-order valence-electron chi connectivity index (χ2n) is 12.9. The summed E-state index contributed by atoms with van der Waals surface area (Å²) in [6.45, 7) is 12.2. The van der Waals surface area contributed by atoms with Gasteiger partial charge in [0.15, 0.2) is 0 Å². The van der Waals surface area contributed by atoms with Crippen molar-refractivity contribution < 1.29 is 45.6 Å². The van der Waals surface area contributed by atoms with Gasteiger partial charge in [0.2, 0.25) is 5.96 Å². The van der Waals surface area contributed by atoms with Crippen LogP contribution in [0.4, 0.5) is 14.4 Å². The summed E-state index contributed by atoms with van der Waals surface area (Å²) in [6.07, 6.45) is 0.428. The first kappa shape index (κ1) is 31.5. The average Bonchev–Trinajstić information content (AvgIpc) is 3.28. The molecule has 0 aromatic carbocycles. The number of rotatable bonds is 6. The quantitative estimate of drug-likeness (QED) is 0.241. The number of piperidine rings is 1. The molecular weight excluding hydrogens is 576 g/mol. The van der Waals surface area contributed by atoms with E-state index in [0.717, 1.165) is 17.9 Å². The Kier molecular flexibility index (Phi) is 8.25. The van der Waals surface area contributed by atoms with E-state index in [-0.39, 0.29) is 30.4 Å². The van der Waals surface area contributed by atoms with Crippen LogP contribution in [-0.2, 0) is 24.2 Å². The van der Waals surface area contributed by atoms with Crippen molar-refractivity contribution in [3.63, 3.8) is 0 Å². The van der Waals surface area contributed by atoms with Crippen LogP contribution in [0.25, 0.3) is 0 Å². The number of hydrogen-bond acceptors (Lipinski definition) is 11. The van der Waals surface area contributed by atoms with Gasteiger partial charge >= 0.3 is 28.6 Å². The van der Waals surface area contributed by atoms with E-state index in [2.05, 4.69) is 25.1 Å². The number of alkyl carbamates (subject to hydrolysis) is 2. The topological polar surface area (TPSA) is 202 Å². The Morgan fingerprint density at radius 3 is 2.24 bits per heavy atom. The maximum atomic E-state index is 13.0. The molecule has 1 aromatic rings. The fourth-order valence-electron chi connectivity index (χ4n) is 5.00. The highest BCUT2D eigenvalue weighted by Crippen LogP contribution is 2.61. The number of carbonyl (C=O) groups is 3. The van der Waals surface area contributed by atoms with Crippen molar-refractivity contribution in [2.24, 2.45) is 10.4 Å². The van der Waals surface area contributed by atoms with Gasteiger partial charge in [-0.05, 0) is 66.2 Å². The van der Waals surface area contributed by atoms with Gasteiger partial charge < -0.3 is 18.9 Å². The maximum Gasteiger partial charge on any atom is 0.418 e. The highest BCUT2D eigenvalue weighted by Gasteiger charge is 2.64. The summed E-state index contributed by atoms with van der Waals surface area (Å²) < 4.78 is 52.6. The lowest BCUT2D eigenvalue weighted by molar-refractivity contribution is -0.0527. The van der Waals surface area contributed by atoms with E-state index in [4.69, 9.17) is 14.0 Å². The largest absolute Gasteiger partial charge is 0.444 e. The van der Waals surface area contributed by atoms with Gasteiger partial charge in [0, 0.05) is 18.5 Å². The molecule has 3 fully saturated rings. The Balaban J connectivity index is 1.47.